The molecule has 6 N–H and O–H groups in total. The van der Waals surface area contributed by atoms with Gasteiger partial charge in [-0.15, -0.1) is 11.3 Å². The Morgan fingerprint density at radius 1 is 0.985 bits per heavy atom. The van der Waals surface area contributed by atoms with Crippen LogP contribution in [0.1, 0.15) is 82.0 Å². The van der Waals surface area contributed by atoms with Crippen LogP contribution in [0.15, 0.2) is 66.6 Å². The quantitative estimate of drug-likeness (QED) is 0.0646. The molecule has 2 aromatic carbocycles. The highest BCUT2D eigenvalue weighted by Gasteiger charge is 2.48. The van der Waals surface area contributed by atoms with E-state index in [0.29, 0.717) is 17.5 Å². The van der Waals surface area contributed by atoms with Gasteiger partial charge in [-0.25, -0.2) is 15.0 Å². The highest BCUT2D eigenvalue weighted by molar-refractivity contribution is 7.13. The summed E-state index contributed by atoms with van der Waals surface area (Å²) in [5, 5.41) is 44.4. The van der Waals surface area contributed by atoms with Gasteiger partial charge in [0.05, 0.1) is 38.6 Å². The molecule has 358 valence electrons. The van der Waals surface area contributed by atoms with Crippen LogP contribution >= 0.6 is 22.9 Å². The summed E-state index contributed by atoms with van der Waals surface area (Å²) < 4.78 is 18.8. The van der Waals surface area contributed by atoms with E-state index in [9.17, 15) is 39.6 Å². The standard InChI is InChI=1S/C48H57ClN6O11S/c1-26-43(67-25-53-26)28-10-7-27(8-11-28)9-14-37(59)36-20-31(57)21-55(36)46(63)34(48(2,3)4)19-32(58)22-64-17-5-6-30(56)23-65-38-18-29(12-13-35(38)49)39(60)42-40(61)41(62)47(66-42)54-16-15-33-44(50)51-24-52-45(33)54/h7-8,10-13,15-16,18,24-25,31,34,36,39-42,47,57,60-62H,5-6,9,14,17,19-23H2,1-4H3,(H2,50,51,52)/t31-,34-,36+,39-,40+,41-,42-,47-/m1/s1. The summed E-state index contributed by atoms with van der Waals surface area (Å²) in [5.41, 5.74) is 10.8. The monoisotopic (exact) mass is 960 g/mol. The normalized spacial score (nSPS) is 21.7. The number of rotatable bonds is 20. The lowest BCUT2D eigenvalue weighted by Crippen LogP contribution is -2.47. The molecule has 0 saturated carbocycles. The number of Topliss-reactive ketones (excluding diaryl/α,β-unsaturated/α-hetero) is 3. The summed E-state index contributed by atoms with van der Waals surface area (Å²) >= 11 is 7.94. The number of amides is 1. The molecule has 19 heteroatoms. The Hall–Kier alpha value is -5.18. The minimum absolute atomic E-state index is 0.0125. The van der Waals surface area contributed by atoms with Crippen molar-refractivity contribution >= 4 is 63.0 Å². The number of nitrogens with zero attached hydrogens (tertiary/aromatic N) is 5. The summed E-state index contributed by atoms with van der Waals surface area (Å²) in [6.45, 7) is 7.02. The van der Waals surface area contributed by atoms with Gasteiger partial charge in [-0.2, -0.15) is 0 Å². The molecule has 17 nitrogen and oxygen atoms in total. The van der Waals surface area contributed by atoms with Gasteiger partial charge in [0.15, 0.2) is 23.6 Å². The van der Waals surface area contributed by atoms with Gasteiger partial charge in [0.25, 0.3) is 0 Å². The number of halogens is 1. The Labute approximate surface area is 396 Å². The summed E-state index contributed by atoms with van der Waals surface area (Å²) in [7, 11) is 0. The molecule has 0 aliphatic carbocycles. The molecule has 2 aliphatic rings. The van der Waals surface area contributed by atoms with Crippen LogP contribution < -0.4 is 10.5 Å². The van der Waals surface area contributed by atoms with E-state index in [-0.39, 0.29) is 104 Å². The molecule has 5 heterocycles. The van der Waals surface area contributed by atoms with Gasteiger partial charge in [-0.1, -0.05) is 62.7 Å². The number of β-amino-alcohol motifs (C(OH)–C–C–N with tert-alkyl or cyclic N) is 1. The van der Waals surface area contributed by atoms with Crippen molar-refractivity contribution < 1.29 is 53.8 Å². The van der Waals surface area contributed by atoms with Gasteiger partial charge in [-0.3, -0.25) is 19.2 Å². The maximum Gasteiger partial charge on any atom is 0.227 e. The zero-order valence-corrected chi connectivity index (χ0v) is 39.4. The van der Waals surface area contributed by atoms with Gasteiger partial charge in [0.2, 0.25) is 5.91 Å². The highest BCUT2D eigenvalue weighted by atomic mass is 35.5. The molecule has 0 radical (unpaired) electrons. The van der Waals surface area contributed by atoms with Crippen LogP contribution in [0.4, 0.5) is 5.82 Å². The number of carbonyl (C=O) groups is 4. The van der Waals surface area contributed by atoms with Crippen molar-refractivity contribution in [1.29, 1.82) is 0 Å². The number of aromatic nitrogens is 4. The summed E-state index contributed by atoms with van der Waals surface area (Å²) in [6, 6.07) is 13.3. The molecular weight excluding hydrogens is 904 g/mol. The molecule has 3 aromatic heterocycles. The van der Waals surface area contributed by atoms with Crippen LogP contribution in [0.3, 0.4) is 0 Å². The zero-order valence-electron chi connectivity index (χ0n) is 37.8. The number of likely N-dealkylation sites (tertiary alicyclic amines) is 1. The minimum atomic E-state index is -1.49. The van der Waals surface area contributed by atoms with Gasteiger partial charge in [0, 0.05) is 50.9 Å². The summed E-state index contributed by atoms with van der Waals surface area (Å²) in [5.74, 6) is -1.51. The third-order valence-electron chi connectivity index (χ3n) is 12.4. The van der Waals surface area contributed by atoms with Crippen molar-refractivity contribution in [2.45, 2.75) is 109 Å². The minimum Gasteiger partial charge on any atom is -0.484 e. The first-order valence-electron chi connectivity index (χ1n) is 22.2. The average Bonchev–Trinajstić information content (AvgIpc) is 4.09. The second-order valence-electron chi connectivity index (χ2n) is 18.3. The van der Waals surface area contributed by atoms with Crippen LogP contribution in [0.2, 0.25) is 5.02 Å². The van der Waals surface area contributed by atoms with E-state index in [1.165, 1.54) is 34.0 Å². The van der Waals surface area contributed by atoms with E-state index in [1.807, 2.05) is 57.5 Å². The first-order valence-corrected chi connectivity index (χ1v) is 23.5. The number of hydrogen-bond acceptors (Lipinski definition) is 16. The van der Waals surface area contributed by atoms with Crippen molar-refractivity contribution in [1.82, 2.24) is 24.4 Å². The highest BCUT2D eigenvalue weighted by Crippen LogP contribution is 2.40. The lowest BCUT2D eigenvalue weighted by Gasteiger charge is -2.34. The Kier molecular flexibility index (Phi) is 15.9. The summed E-state index contributed by atoms with van der Waals surface area (Å²) in [6.07, 6.45) is -3.63. The number of nitrogens with two attached hydrogens (primary N) is 1. The average molecular weight is 962 g/mol. The lowest BCUT2D eigenvalue weighted by atomic mass is 9.76. The number of anilines is 1. The number of aryl methyl sites for hydroxylation is 2. The SMILES string of the molecule is Cc1ncsc1-c1ccc(CCC(=O)[C@@H]2C[C@@H](O)CN2C(=O)[C@@H](CC(=O)COCCCC(=O)COc2cc([C@@H](O)[C@H]3O[C@@H](n4ccc5c(N)ncnc54)[C@H](O)[C@@H]3O)ccc2Cl)C(C)(C)C)cc1. The van der Waals surface area contributed by atoms with Crippen molar-refractivity contribution in [3.63, 3.8) is 0 Å². The molecule has 7 rings (SSSR count). The van der Waals surface area contributed by atoms with Gasteiger partial charge in [-0.05, 0) is 60.1 Å². The van der Waals surface area contributed by atoms with Gasteiger partial charge >= 0.3 is 0 Å². The van der Waals surface area contributed by atoms with Gasteiger partial charge in [0.1, 0.15) is 61.2 Å². The molecule has 0 spiro atoms. The molecular formula is C48H57ClN6O11S. The number of fused-ring (bicyclic) bond motifs is 1. The molecule has 0 bridgehead atoms. The predicted molar refractivity (Wildman–Crippen MR) is 249 cm³/mol. The number of benzene rings is 2. The Balaban J connectivity index is 0.845. The molecule has 5 aromatic rings. The number of ether oxygens (including phenoxy) is 3. The first kappa shape index (κ1) is 49.7. The van der Waals surface area contributed by atoms with E-state index in [2.05, 4.69) is 15.0 Å². The van der Waals surface area contributed by atoms with E-state index >= 15 is 0 Å². The number of ketones is 3. The van der Waals surface area contributed by atoms with Crippen LogP contribution in [-0.4, -0.2) is 125 Å². The molecule has 0 unspecified atom stereocenters. The van der Waals surface area contributed by atoms with E-state index < -0.39 is 54.1 Å². The molecule has 2 aliphatic heterocycles. The smallest absolute Gasteiger partial charge is 0.227 e. The van der Waals surface area contributed by atoms with Crippen LogP contribution in [0, 0.1) is 18.3 Å². The Morgan fingerprint density at radius 2 is 1.75 bits per heavy atom. The largest absolute Gasteiger partial charge is 0.484 e. The first-order chi connectivity index (χ1) is 31.9. The number of nitrogen functional groups attached to an aromatic ring is 1. The van der Waals surface area contributed by atoms with Crippen LogP contribution in [-0.2, 0) is 35.1 Å². The molecule has 2 fully saturated rings. The zero-order chi connectivity index (χ0) is 48.2. The molecule has 1 amide bonds. The number of aliphatic hydroxyl groups is 4. The van der Waals surface area contributed by atoms with Crippen molar-refractivity contribution in [3.8, 4) is 16.2 Å². The fourth-order valence-corrected chi connectivity index (χ4v) is 9.60. The molecule has 8 atom stereocenters. The summed E-state index contributed by atoms with van der Waals surface area (Å²) in [4.78, 5) is 68.7. The second kappa shape index (κ2) is 21.4. The lowest BCUT2D eigenvalue weighted by molar-refractivity contribution is -0.146. The Morgan fingerprint density at radius 3 is 2.46 bits per heavy atom. The van der Waals surface area contributed by atoms with Gasteiger partial charge < -0.3 is 49.8 Å². The third kappa shape index (κ3) is 11.6. The van der Waals surface area contributed by atoms with Crippen LogP contribution in [0.25, 0.3) is 21.5 Å². The number of carbonyl (C=O) groups excluding carboxylic acids is 4. The molecule has 2 saturated heterocycles. The van der Waals surface area contributed by atoms with Crippen molar-refractivity contribution in [2.75, 3.05) is 32.1 Å². The van der Waals surface area contributed by atoms with E-state index in [0.717, 1.165) is 21.7 Å². The third-order valence-corrected chi connectivity index (χ3v) is 13.7. The fraction of sp³-hybridized carbons (Fsp3) is 0.479. The number of hydrogen-bond donors (Lipinski definition) is 5. The van der Waals surface area contributed by atoms with Crippen LogP contribution in [0.5, 0.6) is 5.75 Å². The van der Waals surface area contributed by atoms with Crippen molar-refractivity contribution in [3.05, 3.63) is 88.4 Å². The van der Waals surface area contributed by atoms with E-state index in [4.69, 9.17) is 31.5 Å². The number of aliphatic hydroxyl groups excluding tert-OH is 4. The maximum absolute atomic E-state index is 14.1. The topological polar surface area (TPSA) is 250 Å². The fourth-order valence-electron chi connectivity index (χ4n) is 8.61. The van der Waals surface area contributed by atoms with E-state index in [1.54, 1.807) is 23.6 Å². The maximum atomic E-state index is 14.1. The Bertz CT molecular complexity index is 2560. The predicted octanol–water partition coefficient (Wildman–Crippen LogP) is 4.98. The molecule has 67 heavy (non-hydrogen) atoms. The number of thiazole rings is 1. The second-order valence-corrected chi connectivity index (χ2v) is 19.6. The van der Waals surface area contributed by atoms with Crippen molar-refractivity contribution in [2.24, 2.45) is 11.3 Å².